The van der Waals surface area contributed by atoms with Gasteiger partial charge in [-0.1, -0.05) is 13.5 Å². The highest BCUT2D eigenvalue weighted by Crippen LogP contribution is 2.00. The van der Waals surface area contributed by atoms with Crippen LogP contribution in [0, 0.1) is 5.92 Å². The molecule has 0 saturated heterocycles. The van der Waals surface area contributed by atoms with E-state index >= 15 is 0 Å². The molecule has 0 spiro atoms. The van der Waals surface area contributed by atoms with Crippen LogP contribution >= 0.6 is 0 Å². The standard InChI is InChI=1S/C9H15NO3/c1-4-8(11)10(5-2)6-7(3)9(12)13/h4,7H,1,5-6H2,2-3H3,(H,12,13). The average Bonchev–Trinajstić information content (AvgIpc) is 2.12. The van der Waals surface area contributed by atoms with Gasteiger partial charge in [-0.05, 0) is 13.0 Å². The Bertz CT molecular complexity index is 213. The molecule has 0 bridgehead atoms. The van der Waals surface area contributed by atoms with Crippen LogP contribution in [0.4, 0.5) is 0 Å². The van der Waals surface area contributed by atoms with E-state index in [1.807, 2.05) is 0 Å². The summed E-state index contributed by atoms with van der Waals surface area (Å²) in [4.78, 5) is 23.1. The highest BCUT2D eigenvalue weighted by Gasteiger charge is 2.17. The van der Waals surface area contributed by atoms with Crippen LogP contribution < -0.4 is 0 Å². The molecule has 0 aliphatic carbocycles. The van der Waals surface area contributed by atoms with Crippen LogP contribution in [0.25, 0.3) is 0 Å². The second kappa shape index (κ2) is 5.35. The van der Waals surface area contributed by atoms with E-state index < -0.39 is 11.9 Å². The van der Waals surface area contributed by atoms with E-state index in [-0.39, 0.29) is 12.5 Å². The van der Waals surface area contributed by atoms with Crippen molar-refractivity contribution >= 4 is 11.9 Å². The van der Waals surface area contributed by atoms with Crippen molar-refractivity contribution in [2.45, 2.75) is 13.8 Å². The summed E-state index contributed by atoms with van der Waals surface area (Å²) in [5.74, 6) is -1.66. The molecule has 4 nitrogen and oxygen atoms in total. The fourth-order valence-corrected chi connectivity index (χ4v) is 0.913. The Hall–Kier alpha value is -1.32. The maximum atomic E-state index is 11.1. The molecule has 0 fully saturated rings. The number of aliphatic carboxylic acids is 1. The van der Waals surface area contributed by atoms with Gasteiger partial charge in [0.05, 0.1) is 5.92 Å². The van der Waals surface area contributed by atoms with Crippen molar-refractivity contribution in [2.24, 2.45) is 5.92 Å². The first-order chi connectivity index (χ1) is 6.02. The van der Waals surface area contributed by atoms with Gasteiger partial charge < -0.3 is 10.0 Å². The van der Waals surface area contributed by atoms with Gasteiger partial charge in [-0.25, -0.2) is 0 Å². The molecule has 74 valence electrons. The summed E-state index contributed by atoms with van der Waals surface area (Å²) in [5.41, 5.74) is 0. The third kappa shape index (κ3) is 3.73. The number of nitrogens with zero attached hydrogens (tertiary/aromatic N) is 1. The minimum Gasteiger partial charge on any atom is -0.481 e. The summed E-state index contributed by atoms with van der Waals surface area (Å²) in [6.45, 7) is 7.45. The van der Waals surface area contributed by atoms with Crippen LogP contribution in [0.2, 0.25) is 0 Å². The Morgan fingerprint density at radius 2 is 2.15 bits per heavy atom. The van der Waals surface area contributed by atoms with Crippen LogP contribution in [0.3, 0.4) is 0 Å². The number of amides is 1. The van der Waals surface area contributed by atoms with Crippen molar-refractivity contribution in [3.63, 3.8) is 0 Å². The quantitative estimate of drug-likeness (QED) is 0.643. The second-order valence-corrected chi connectivity index (χ2v) is 2.82. The van der Waals surface area contributed by atoms with Crippen molar-refractivity contribution < 1.29 is 14.7 Å². The normalized spacial score (nSPS) is 11.8. The third-order valence-corrected chi connectivity index (χ3v) is 1.78. The lowest BCUT2D eigenvalue weighted by Crippen LogP contribution is -2.35. The first-order valence-corrected chi connectivity index (χ1v) is 4.17. The fourth-order valence-electron chi connectivity index (χ4n) is 0.913. The predicted octanol–water partition coefficient (Wildman–Crippen LogP) is 0.742. The molecule has 1 atom stereocenters. The van der Waals surface area contributed by atoms with Gasteiger partial charge in [-0.2, -0.15) is 0 Å². The molecule has 0 rings (SSSR count). The highest BCUT2D eigenvalue weighted by molar-refractivity contribution is 5.87. The molecule has 0 aromatic heterocycles. The number of carbonyl (C=O) groups is 2. The number of rotatable bonds is 5. The summed E-state index contributed by atoms with van der Waals surface area (Å²) in [7, 11) is 0. The molecule has 0 saturated carbocycles. The Labute approximate surface area is 77.8 Å². The van der Waals surface area contributed by atoms with Crippen LogP contribution in [0.15, 0.2) is 12.7 Å². The van der Waals surface area contributed by atoms with Crippen molar-refractivity contribution in [2.75, 3.05) is 13.1 Å². The van der Waals surface area contributed by atoms with Gasteiger partial charge in [0.15, 0.2) is 0 Å². The van der Waals surface area contributed by atoms with Crippen LogP contribution in [-0.4, -0.2) is 35.0 Å². The molecule has 0 heterocycles. The molecule has 0 radical (unpaired) electrons. The monoisotopic (exact) mass is 185 g/mol. The number of carboxylic acid groups (broad SMARTS) is 1. The summed E-state index contributed by atoms with van der Waals surface area (Å²) >= 11 is 0. The van der Waals surface area contributed by atoms with E-state index in [2.05, 4.69) is 6.58 Å². The topological polar surface area (TPSA) is 57.6 Å². The maximum Gasteiger partial charge on any atom is 0.308 e. The molecule has 0 aliphatic heterocycles. The highest BCUT2D eigenvalue weighted by atomic mass is 16.4. The third-order valence-electron chi connectivity index (χ3n) is 1.78. The molecule has 1 N–H and O–H groups in total. The molecule has 1 unspecified atom stereocenters. The van der Waals surface area contributed by atoms with Crippen molar-refractivity contribution in [1.82, 2.24) is 4.90 Å². The molecule has 4 heteroatoms. The largest absolute Gasteiger partial charge is 0.481 e. The minimum absolute atomic E-state index is 0.226. The molecule has 0 aliphatic rings. The van der Waals surface area contributed by atoms with Gasteiger partial charge in [-0.3, -0.25) is 9.59 Å². The lowest BCUT2D eigenvalue weighted by Gasteiger charge is -2.20. The van der Waals surface area contributed by atoms with E-state index in [0.29, 0.717) is 6.54 Å². The van der Waals surface area contributed by atoms with E-state index in [9.17, 15) is 9.59 Å². The average molecular weight is 185 g/mol. The number of carboxylic acids is 1. The van der Waals surface area contributed by atoms with Crippen LogP contribution in [0.1, 0.15) is 13.8 Å². The lowest BCUT2D eigenvalue weighted by atomic mass is 10.1. The Morgan fingerprint density at radius 3 is 2.46 bits per heavy atom. The Kier molecular flexibility index (Phi) is 4.80. The molecule has 0 aromatic carbocycles. The summed E-state index contributed by atoms with van der Waals surface area (Å²) < 4.78 is 0. The van der Waals surface area contributed by atoms with Crippen LogP contribution in [-0.2, 0) is 9.59 Å². The predicted molar refractivity (Wildman–Crippen MR) is 49.3 cm³/mol. The van der Waals surface area contributed by atoms with Crippen molar-refractivity contribution in [3.8, 4) is 0 Å². The fraction of sp³-hybridized carbons (Fsp3) is 0.556. The second-order valence-electron chi connectivity index (χ2n) is 2.82. The number of hydrogen-bond acceptors (Lipinski definition) is 2. The molecule has 13 heavy (non-hydrogen) atoms. The Balaban J connectivity index is 4.20. The van der Waals surface area contributed by atoms with Gasteiger partial charge in [0, 0.05) is 13.1 Å². The van der Waals surface area contributed by atoms with Gasteiger partial charge in [0.1, 0.15) is 0 Å². The van der Waals surface area contributed by atoms with Gasteiger partial charge in [0.25, 0.3) is 0 Å². The summed E-state index contributed by atoms with van der Waals surface area (Å²) in [5, 5.41) is 8.62. The zero-order chi connectivity index (χ0) is 10.4. The van der Waals surface area contributed by atoms with Gasteiger partial charge in [-0.15, -0.1) is 0 Å². The molecular weight excluding hydrogens is 170 g/mol. The van der Waals surface area contributed by atoms with E-state index in [4.69, 9.17) is 5.11 Å². The molecule has 0 aromatic rings. The smallest absolute Gasteiger partial charge is 0.308 e. The van der Waals surface area contributed by atoms with Crippen molar-refractivity contribution in [3.05, 3.63) is 12.7 Å². The number of carbonyl (C=O) groups excluding carboxylic acids is 1. The van der Waals surface area contributed by atoms with Gasteiger partial charge in [0.2, 0.25) is 5.91 Å². The summed E-state index contributed by atoms with van der Waals surface area (Å²) in [6.07, 6.45) is 1.19. The first kappa shape index (κ1) is 11.7. The molecular formula is C9H15NO3. The SMILES string of the molecule is C=CC(=O)N(CC)CC(C)C(=O)O. The zero-order valence-electron chi connectivity index (χ0n) is 7.99. The number of likely N-dealkylation sites (N-methyl/N-ethyl adjacent to an activating group) is 1. The lowest BCUT2D eigenvalue weighted by molar-refractivity contribution is -0.142. The maximum absolute atomic E-state index is 11.1. The van der Waals surface area contributed by atoms with Crippen LogP contribution in [0.5, 0.6) is 0 Å². The van der Waals surface area contributed by atoms with E-state index in [1.54, 1.807) is 13.8 Å². The number of hydrogen-bond donors (Lipinski definition) is 1. The van der Waals surface area contributed by atoms with E-state index in [1.165, 1.54) is 11.0 Å². The zero-order valence-corrected chi connectivity index (χ0v) is 7.99. The molecule has 1 amide bonds. The Morgan fingerprint density at radius 1 is 1.62 bits per heavy atom. The minimum atomic E-state index is -0.893. The van der Waals surface area contributed by atoms with Gasteiger partial charge >= 0.3 is 5.97 Å². The first-order valence-electron chi connectivity index (χ1n) is 4.17. The van der Waals surface area contributed by atoms with E-state index in [0.717, 1.165) is 0 Å². The summed E-state index contributed by atoms with van der Waals surface area (Å²) in [6, 6.07) is 0. The van der Waals surface area contributed by atoms with Crippen molar-refractivity contribution in [1.29, 1.82) is 0 Å².